The molecule has 0 fully saturated rings. The standard InChI is InChI=1S/C23H26N4O2/c1-14(9-10-15-13-24-18-7-3-2-5-16(15)18)25-20-11-12-27-21-17(22(20)28)6-4-8-19(21)26-23(27)29/h2-8,13-14,20,22,24-25,28H,9-12H2,1H3,(H,26,29)/t14-,20-,22-/m1/s1. The molecule has 3 atom stereocenters. The van der Waals surface area contributed by atoms with Crippen LogP contribution >= 0.6 is 0 Å². The van der Waals surface area contributed by atoms with Gasteiger partial charge in [0.05, 0.1) is 17.1 Å². The van der Waals surface area contributed by atoms with Crippen molar-refractivity contribution in [2.45, 2.75) is 50.9 Å². The number of aromatic amines is 2. The lowest BCUT2D eigenvalue weighted by atomic mass is 9.98. The number of aryl methyl sites for hydroxylation is 2. The number of nitrogens with zero attached hydrogens (tertiary/aromatic N) is 1. The van der Waals surface area contributed by atoms with E-state index in [0.29, 0.717) is 13.0 Å². The topological polar surface area (TPSA) is 85.8 Å². The van der Waals surface area contributed by atoms with Gasteiger partial charge in [-0.1, -0.05) is 30.3 Å². The Morgan fingerprint density at radius 2 is 2.03 bits per heavy atom. The molecule has 2 aromatic carbocycles. The van der Waals surface area contributed by atoms with Crippen LogP contribution in [-0.4, -0.2) is 31.7 Å². The monoisotopic (exact) mass is 390 g/mol. The number of para-hydroxylation sites is 2. The fraction of sp³-hybridized carbons (Fsp3) is 0.348. The van der Waals surface area contributed by atoms with Crippen molar-refractivity contribution in [2.75, 3.05) is 0 Å². The Labute approximate surface area is 168 Å². The van der Waals surface area contributed by atoms with Gasteiger partial charge in [0.25, 0.3) is 0 Å². The molecule has 0 aliphatic carbocycles. The minimum atomic E-state index is -0.641. The van der Waals surface area contributed by atoms with Crippen molar-refractivity contribution < 1.29 is 5.11 Å². The molecule has 6 heteroatoms. The van der Waals surface area contributed by atoms with Gasteiger partial charge < -0.3 is 20.4 Å². The molecule has 1 aliphatic rings. The van der Waals surface area contributed by atoms with E-state index in [1.54, 1.807) is 4.57 Å². The smallest absolute Gasteiger partial charge is 0.326 e. The lowest BCUT2D eigenvalue weighted by Gasteiger charge is -2.26. The zero-order chi connectivity index (χ0) is 20.0. The van der Waals surface area contributed by atoms with Crippen LogP contribution < -0.4 is 11.0 Å². The number of hydrogen-bond acceptors (Lipinski definition) is 3. The van der Waals surface area contributed by atoms with Crippen LogP contribution in [0.15, 0.2) is 53.5 Å². The van der Waals surface area contributed by atoms with Crippen LogP contribution in [0.5, 0.6) is 0 Å². The van der Waals surface area contributed by atoms with Crippen molar-refractivity contribution in [1.29, 1.82) is 0 Å². The van der Waals surface area contributed by atoms with Crippen molar-refractivity contribution in [3.63, 3.8) is 0 Å². The zero-order valence-electron chi connectivity index (χ0n) is 16.5. The molecule has 29 heavy (non-hydrogen) atoms. The first-order valence-electron chi connectivity index (χ1n) is 10.3. The Morgan fingerprint density at radius 3 is 2.93 bits per heavy atom. The highest BCUT2D eigenvalue weighted by molar-refractivity contribution is 5.83. The normalized spacial score (nSPS) is 20.2. The minimum absolute atomic E-state index is 0.0853. The third kappa shape index (κ3) is 3.18. The number of aliphatic hydroxyl groups excluding tert-OH is 1. The average molecular weight is 390 g/mol. The molecule has 0 radical (unpaired) electrons. The maximum Gasteiger partial charge on any atom is 0.326 e. The van der Waals surface area contributed by atoms with Gasteiger partial charge in [0.15, 0.2) is 0 Å². The number of benzene rings is 2. The summed E-state index contributed by atoms with van der Waals surface area (Å²) in [6.07, 6.45) is 4.11. The summed E-state index contributed by atoms with van der Waals surface area (Å²) in [4.78, 5) is 18.5. The Kier molecular flexibility index (Phi) is 4.53. The van der Waals surface area contributed by atoms with Gasteiger partial charge in [0, 0.05) is 41.3 Å². The van der Waals surface area contributed by atoms with Gasteiger partial charge in [-0.2, -0.15) is 0 Å². The van der Waals surface area contributed by atoms with Gasteiger partial charge in [0.2, 0.25) is 0 Å². The van der Waals surface area contributed by atoms with E-state index in [-0.39, 0.29) is 17.8 Å². The van der Waals surface area contributed by atoms with Crippen molar-refractivity contribution >= 4 is 21.9 Å². The maximum atomic E-state index is 12.3. The maximum absolute atomic E-state index is 12.3. The Balaban J connectivity index is 1.31. The quantitative estimate of drug-likeness (QED) is 0.422. The van der Waals surface area contributed by atoms with Crippen molar-refractivity contribution in [3.05, 3.63) is 70.3 Å². The number of imidazole rings is 1. The number of nitrogens with one attached hydrogen (secondary N) is 3. The fourth-order valence-electron chi connectivity index (χ4n) is 4.68. The highest BCUT2D eigenvalue weighted by Gasteiger charge is 2.29. The lowest BCUT2D eigenvalue weighted by molar-refractivity contribution is 0.119. The molecule has 4 aromatic rings. The van der Waals surface area contributed by atoms with Crippen LogP contribution in [0, 0.1) is 0 Å². The number of aromatic nitrogens is 3. The summed E-state index contributed by atoms with van der Waals surface area (Å²) >= 11 is 0. The molecule has 6 nitrogen and oxygen atoms in total. The molecule has 1 aliphatic heterocycles. The average Bonchev–Trinajstić information content (AvgIpc) is 3.24. The summed E-state index contributed by atoms with van der Waals surface area (Å²) in [6, 6.07) is 14.2. The van der Waals surface area contributed by atoms with Gasteiger partial charge in [-0.05, 0) is 43.9 Å². The minimum Gasteiger partial charge on any atom is -0.387 e. The van der Waals surface area contributed by atoms with Gasteiger partial charge >= 0.3 is 5.69 Å². The molecular formula is C23H26N4O2. The predicted octanol–water partition coefficient (Wildman–Crippen LogP) is 3.23. The molecular weight excluding hydrogens is 364 g/mol. The molecule has 5 rings (SSSR count). The third-order valence-corrected chi connectivity index (χ3v) is 6.21. The van der Waals surface area contributed by atoms with Crippen LogP contribution in [-0.2, 0) is 13.0 Å². The molecule has 0 unspecified atom stereocenters. The summed E-state index contributed by atoms with van der Waals surface area (Å²) in [6.45, 7) is 2.76. The second kappa shape index (κ2) is 7.21. The van der Waals surface area contributed by atoms with Crippen LogP contribution in [0.3, 0.4) is 0 Å². The first kappa shape index (κ1) is 18.2. The van der Waals surface area contributed by atoms with E-state index in [1.165, 1.54) is 16.5 Å². The summed E-state index contributed by atoms with van der Waals surface area (Å²) in [5.74, 6) is 0. The third-order valence-electron chi connectivity index (χ3n) is 6.21. The highest BCUT2D eigenvalue weighted by Crippen LogP contribution is 2.30. The van der Waals surface area contributed by atoms with Crippen LogP contribution in [0.4, 0.5) is 0 Å². The van der Waals surface area contributed by atoms with E-state index in [9.17, 15) is 9.90 Å². The van der Waals surface area contributed by atoms with E-state index in [0.717, 1.165) is 29.4 Å². The van der Waals surface area contributed by atoms with E-state index < -0.39 is 6.10 Å². The second-order valence-electron chi connectivity index (χ2n) is 8.13. The number of H-pyrrole nitrogens is 2. The van der Waals surface area contributed by atoms with Gasteiger partial charge in [0.1, 0.15) is 0 Å². The second-order valence-corrected chi connectivity index (χ2v) is 8.13. The van der Waals surface area contributed by atoms with Crippen molar-refractivity contribution in [3.8, 4) is 0 Å². The van der Waals surface area contributed by atoms with Crippen LogP contribution in [0.25, 0.3) is 21.9 Å². The molecule has 0 saturated heterocycles. The molecule has 2 aromatic heterocycles. The van der Waals surface area contributed by atoms with Gasteiger partial charge in [-0.15, -0.1) is 0 Å². The first-order chi connectivity index (χ1) is 14.1. The SMILES string of the molecule is C[C@H](CCc1c[nH]c2ccccc12)N[C@@H]1CCn2c(=O)[nH]c3cccc(c32)[C@H]1O. The number of fused-ring (bicyclic) bond motifs is 1. The summed E-state index contributed by atoms with van der Waals surface area (Å²) in [5.41, 5.74) is 4.83. The van der Waals surface area contributed by atoms with Gasteiger partial charge in [-0.3, -0.25) is 4.57 Å². The predicted molar refractivity (Wildman–Crippen MR) is 115 cm³/mol. The Hall–Kier alpha value is -2.83. The van der Waals surface area contributed by atoms with E-state index in [4.69, 9.17) is 0 Å². The summed E-state index contributed by atoms with van der Waals surface area (Å²) in [7, 11) is 0. The number of hydrogen-bond donors (Lipinski definition) is 4. The summed E-state index contributed by atoms with van der Waals surface area (Å²) in [5, 5.41) is 16.0. The van der Waals surface area contributed by atoms with E-state index in [2.05, 4.69) is 46.6 Å². The van der Waals surface area contributed by atoms with Crippen LogP contribution in [0.2, 0.25) is 0 Å². The highest BCUT2D eigenvalue weighted by atomic mass is 16.3. The molecule has 0 amide bonds. The molecule has 4 N–H and O–H groups in total. The first-order valence-corrected chi connectivity index (χ1v) is 10.3. The lowest BCUT2D eigenvalue weighted by Crippen LogP contribution is -2.41. The molecule has 150 valence electrons. The fourth-order valence-corrected chi connectivity index (χ4v) is 4.68. The number of aliphatic hydroxyl groups is 1. The summed E-state index contributed by atoms with van der Waals surface area (Å²) < 4.78 is 1.76. The molecule has 3 heterocycles. The Bertz CT molecular complexity index is 1220. The largest absolute Gasteiger partial charge is 0.387 e. The van der Waals surface area contributed by atoms with Crippen molar-refractivity contribution in [1.82, 2.24) is 19.9 Å². The van der Waals surface area contributed by atoms with E-state index >= 15 is 0 Å². The molecule has 0 spiro atoms. The van der Waals surface area contributed by atoms with E-state index in [1.807, 2.05) is 24.3 Å². The van der Waals surface area contributed by atoms with Crippen LogP contribution in [0.1, 0.15) is 37.0 Å². The Morgan fingerprint density at radius 1 is 1.21 bits per heavy atom. The molecule has 0 saturated carbocycles. The molecule has 0 bridgehead atoms. The zero-order valence-corrected chi connectivity index (χ0v) is 16.5. The number of rotatable bonds is 5. The van der Waals surface area contributed by atoms with Gasteiger partial charge in [-0.25, -0.2) is 4.79 Å². The van der Waals surface area contributed by atoms with Crippen molar-refractivity contribution in [2.24, 2.45) is 0 Å².